The van der Waals surface area contributed by atoms with E-state index in [1.807, 2.05) is 37.3 Å². The van der Waals surface area contributed by atoms with E-state index in [0.29, 0.717) is 6.54 Å². The van der Waals surface area contributed by atoms with Crippen molar-refractivity contribution in [2.24, 2.45) is 0 Å². The summed E-state index contributed by atoms with van der Waals surface area (Å²) in [6.45, 7) is 2.29. The molecule has 1 heterocycles. The van der Waals surface area contributed by atoms with Gasteiger partial charge in [0.15, 0.2) is 0 Å². The molecule has 0 atom stereocenters. The first-order valence-electron chi connectivity index (χ1n) is 5.20. The average Bonchev–Trinajstić information content (AvgIpc) is 2.56. The summed E-state index contributed by atoms with van der Waals surface area (Å²) >= 11 is 0. The Morgan fingerprint density at radius 3 is 2.56 bits per heavy atom. The number of benzene rings is 1. The second kappa shape index (κ2) is 4.37. The van der Waals surface area contributed by atoms with Gasteiger partial charge in [0.2, 0.25) is 0 Å². The molecule has 1 aromatic carbocycles. The molecule has 16 heavy (non-hydrogen) atoms. The Labute approximate surface area is 93.4 Å². The molecule has 2 aromatic rings. The van der Waals surface area contributed by atoms with E-state index >= 15 is 0 Å². The molecule has 0 bridgehead atoms. The average molecular weight is 218 g/mol. The number of aliphatic hydroxyl groups is 1. The minimum Gasteiger partial charge on any atom is -0.394 e. The number of rotatable bonds is 3. The van der Waals surface area contributed by atoms with Gasteiger partial charge >= 0.3 is 0 Å². The zero-order valence-electron chi connectivity index (χ0n) is 9.13. The van der Waals surface area contributed by atoms with Gasteiger partial charge in [-0.15, -0.1) is 0 Å². The van der Waals surface area contributed by atoms with Gasteiger partial charge in [0.25, 0.3) is 5.56 Å². The number of hydrogen-bond donors (Lipinski definition) is 1. The Bertz CT molecular complexity index is 526. The van der Waals surface area contributed by atoms with Gasteiger partial charge < -0.3 is 5.11 Å². The summed E-state index contributed by atoms with van der Waals surface area (Å²) < 4.78 is 3.35. The van der Waals surface area contributed by atoms with Gasteiger partial charge in [0, 0.05) is 11.8 Å². The molecule has 2 rings (SSSR count). The fourth-order valence-corrected chi connectivity index (χ4v) is 1.80. The van der Waals surface area contributed by atoms with Crippen molar-refractivity contribution in [3.8, 4) is 5.69 Å². The summed E-state index contributed by atoms with van der Waals surface area (Å²) in [5, 5.41) is 8.99. The van der Waals surface area contributed by atoms with Crippen molar-refractivity contribution in [2.75, 3.05) is 6.61 Å². The van der Waals surface area contributed by atoms with E-state index in [0.717, 1.165) is 11.4 Å². The smallest absolute Gasteiger partial charge is 0.271 e. The second-order valence-electron chi connectivity index (χ2n) is 3.62. The Hall–Kier alpha value is -1.81. The molecule has 0 aliphatic rings. The first-order chi connectivity index (χ1) is 7.74. The lowest BCUT2D eigenvalue weighted by Gasteiger charge is -2.12. The van der Waals surface area contributed by atoms with Crippen LogP contribution in [0.4, 0.5) is 0 Å². The molecule has 84 valence electrons. The number of hydrogen-bond acceptors (Lipinski definition) is 2. The van der Waals surface area contributed by atoms with Crippen molar-refractivity contribution in [3.05, 3.63) is 52.4 Å². The third-order valence-electron chi connectivity index (χ3n) is 2.50. The van der Waals surface area contributed by atoms with Gasteiger partial charge in [-0.2, -0.15) is 0 Å². The lowest BCUT2D eigenvalue weighted by Crippen LogP contribution is -2.22. The van der Waals surface area contributed by atoms with Gasteiger partial charge in [-0.25, -0.2) is 4.68 Å². The van der Waals surface area contributed by atoms with Crippen LogP contribution in [-0.2, 0) is 6.54 Å². The highest BCUT2D eigenvalue weighted by atomic mass is 16.3. The van der Waals surface area contributed by atoms with Crippen LogP contribution in [0.25, 0.3) is 5.69 Å². The zero-order valence-corrected chi connectivity index (χ0v) is 9.13. The van der Waals surface area contributed by atoms with E-state index in [-0.39, 0.29) is 12.2 Å². The molecule has 0 aliphatic carbocycles. The van der Waals surface area contributed by atoms with Gasteiger partial charge in [-0.1, -0.05) is 18.2 Å². The van der Waals surface area contributed by atoms with Crippen LogP contribution in [-0.4, -0.2) is 21.1 Å². The van der Waals surface area contributed by atoms with Gasteiger partial charge in [0.05, 0.1) is 18.8 Å². The normalized spacial score (nSPS) is 10.6. The molecule has 0 unspecified atom stereocenters. The Balaban J connectivity index is 2.60. The molecule has 0 radical (unpaired) electrons. The SMILES string of the molecule is Cc1cc(=O)n(-c2ccccc2)n1CCO. The Kier molecular flexibility index (Phi) is 2.92. The summed E-state index contributed by atoms with van der Waals surface area (Å²) in [5.74, 6) is 0. The van der Waals surface area contributed by atoms with Gasteiger partial charge in [-0.05, 0) is 19.1 Å². The van der Waals surface area contributed by atoms with Crippen molar-refractivity contribution in [2.45, 2.75) is 13.5 Å². The highest BCUT2D eigenvalue weighted by Gasteiger charge is 2.08. The number of aromatic nitrogens is 2. The third kappa shape index (κ3) is 1.79. The highest BCUT2D eigenvalue weighted by Crippen LogP contribution is 2.06. The molecule has 4 nitrogen and oxygen atoms in total. The fourth-order valence-electron chi connectivity index (χ4n) is 1.80. The maximum absolute atomic E-state index is 11.8. The maximum atomic E-state index is 11.8. The van der Waals surface area contributed by atoms with Crippen LogP contribution in [0.5, 0.6) is 0 Å². The summed E-state index contributed by atoms with van der Waals surface area (Å²) in [5.41, 5.74) is 1.59. The van der Waals surface area contributed by atoms with E-state index in [2.05, 4.69) is 0 Å². The van der Waals surface area contributed by atoms with Crippen LogP contribution in [0.15, 0.2) is 41.2 Å². The topological polar surface area (TPSA) is 47.2 Å². The molecule has 0 aliphatic heterocycles. The first-order valence-corrected chi connectivity index (χ1v) is 5.20. The Morgan fingerprint density at radius 1 is 1.25 bits per heavy atom. The van der Waals surface area contributed by atoms with Gasteiger partial charge in [0.1, 0.15) is 0 Å². The van der Waals surface area contributed by atoms with Crippen LogP contribution in [0.1, 0.15) is 5.69 Å². The molecule has 0 amide bonds. The van der Waals surface area contributed by atoms with Crippen LogP contribution < -0.4 is 5.56 Å². The molecular formula is C12H14N2O2. The molecule has 0 spiro atoms. The molecule has 1 aromatic heterocycles. The minimum absolute atomic E-state index is 0.0157. The van der Waals surface area contributed by atoms with Crippen molar-refractivity contribution in [1.29, 1.82) is 0 Å². The summed E-state index contributed by atoms with van der Waals surface area (Å²) in [7, 11) is 0. The largest absolute Gasteiger partial charge is 0.394 e. The van der Waals surface area contributed by atoms with Crippen LogP contribution >= 0.6 is 0 Å². The number of nitrogens with zero attached hydrogens (tertiary/aromatic N) is 2. The zero-order chi connectivity index (χ0) is 11.5. The monoisotopic (exact) mass is 218 g/mol. The van der Waals surface area contributed by atoms with E-state index in [9.17, 15) is 4.79 Å². The highest BCUT2D eigenvalue weighted by molar-refractivity contribution is 5.30. The number of para-hydroxylation sites is 1. The molecule has 4 heteroatoms. The standard InChI is InChI=1S/C12H14N2O2/c1-10-9-12(16)14(13(10)7-8-15)11-5-3-2-4-6-11/h2-6,9,15H,7-8H2,1H3. The number of aryl methyl sites for hydroxylation is 1. The van der Waals surface area contributed by atoms with Gasteiger partial charge in [-0.3, -0.25) is 9.48 Å². The lowest BCUT2D eigenvalue weighted by atomic mass is 10.3. The minimum atomic E-state index is -0.0721. The maximum Gasteiger partial charge on any atom is 0.271 e. The van der Waals surface area contributed by atoms with Crippen molar-refractivity contribution < 1.29 is 5.11 Å². The summed E-state index contributed by atoms with van der Waals surface area (Å²) in [6.07, 6.45) is 0. The second-order valence-corrected chi connectivity index (χ2v) is 3.62. The Morgan fingerprint density at radius 2 is 1.94 bits per heavy atom. The number of aliphatic hydroxyl groups excluding tert-OH is 1. The fraction of sp³-hybridized carbons (Fsp3) is 0.250. The summed E-state index contributed by atoms with van der Waals surface area (Å²) in [6, 6.07) is 11.0. The van der Waals surface area contributed by atoms with Crippen LogP contribution in [0.3, 0.4) is 0 Å². The van der Waals surface area contributed by atoms with E-state index in [4.69, 9.17) is 5.11 Å². The lowest BCUT2D eigenvalue weighted by molar-refractivity contribution is 0.262. The molecule has 0 fully saturated rings. The molecule has 0 saturated heterocycles. The molecular weight excluding hydrogens is 204 g/mol. The predicted molar refractivity (Wildman–Crippen MR) is 61.9 cm³/mol. The van der Waals surface area contributed by atoms with E-state index in [1.165, 1.54) is 0 Å². The van der Waals surface area contributed by atoms with E-state index < -0.39 is 0 Å². The molecule has 0 saturated carbocycles. The van der Waals surface area contributed by atoms with Crippen molar-refractivity contribution in [1.82, 2.24) is 9.36 Å². The summed E-state index contributed by atoms with van der Waals surface area (Å²) in [4.78, 5) is 11.8. The third-order valence-corrected chi connectivity index (χ3v) is 2.50. The van der Waals surface area contributed by atoms with Crippen LogP contribution in [0.2, 0.25) is 0 Å². The van der Waals surface area contributed by atoms with E-state index in [1.54, 1.807) is 15.4 Å². The van der Waals surface area contributed by atoms with Crippen LogP contribution in [0, 0.1) is 6.92 Å². The predicted octanol–water partition coefficient (Wildman–Crippen LogP) is 0.940. The quantitative estimate of drug-likeness (QED) is 0.833. The van der Waals surface area contributed by atoms with Crippen molar-refractivity contribution in [3.63, 3.8) is 0 Å². The van der Waals surface area contributed by atoms with Crippen molar-refractivity contribution >= 4 is 0 Å². The molecule has 1 N–H and O–H groups in total. The first kappa shape index (κ1) is 10.7.